The van der Waals surface area contributed by atoms with Crippen molar-refractivity contribution in [2.24, 2.45) is 0 Å². The van der Waals surface area contributed by atoms with Gasteiger partial charge in [0.15, 0.2) is 5.82 Å². The molecule has 0 saturated carbocycles. The molecular weight excluding hydrogens is 284 g/mol. The molecule has 1 aromatic carbocycles. The van der Waals surface area contributed by atoms with E-state index in [-0.39, 0.29) is 0 Å². The molecule has 2 aromatic heterocycles. The molecule has 0 bridgehead atoms. The summed E-state index contributed by atoms with van der Waals surface area (Å²) in [5.41, 5.74) is 2.49. The Morgan fingerprint density at radius 3 is 3.00 bits per heavy atom. The Bertz CT molecular complexity index is 751. The summed E-state index contributed by atoms with van der Waals surface area (Å²) >= 11 is 0. The molecule has 3 rings (SSSR count). The van der Waals surface area contributed by atoms with Gasteiger partial charge in [0, 0.05) is 19.1 Å². The molecule has 7 nitrogen and oxygen atoms in total. The van der Waals surface area contributed by atoms with Gasteiger partial charge >= 0.3 is 0 Å². The van der Waals surface area contributed by atoms with Crippen molar-refractivity contribution in [1.82, 2.24) is 20.3 Å². The first-order valence-electron chi connectivity index (χ1n) is 6.81. The first kappa shape index (κ1) is 14.3. The van der Waals surface area contributed by atoms with Crippen LogP contribution in [0.5, 0.6) is 5.75 Å². The van der Waals surface area contributed by atoms with Crippen LogP contribution in [-0.4, -0.2) is 41.2 Å². The molecule has 114 valence electrons. The normalized spacial score (nSPS) is 10.8. The van der Waals surface area contributed by atoms with Gasteiger partial charge in [0.1, 0.15) is 5.75 Å². The number of hydrogen-bond donors (Lipinski definition) is 1. The Morgan fingerprint density at radius 1 is 1.27 bits per heavy atom. The van der Waals surface area contributed by atoms with Crippen molar-refractivity contribution in [3.8, 4) is 28.5 Å². The summed E-state index contributed by atoms with van der Waals surface area (Å²) in [5, 5.41) is 11.0. The van der Waals surface area contributed by atoms with Crippen LogP contribution in [0.2, 0.25) is 0 Å². The van der Waals surface area contributed by atoms with Crippen molar-refractivity contribution in [1.29, 1.82) is 0 Å². The Labute approximate surface area is 127 Å². The number of methoxy groups -OCH3 is 2. The van der Waals surface area contributed by atoms with Gasteiger partial charge in [-0.3, -0.25) is 5.10 Å². The molecule has 0 amide bonds. The van der Waals surface area contributed by atoms with Crippen LogP contribution in [0.15, 0.2) is 35.0 Å². The standard InChI is InChI=1S/C15H16N4O3/c1-20-7-6-13-17-15(22-19-13)12-9-16-18-14(12)10-4-3-5-11(8-10)21-2/h3-5,8-9H,6-7H2,1-2H3,(H,16,18). The van der Waals surface area contributed by atoms with Crippen LogP contribution >= 0.6 is 0 Å². The highest BCUT2D eigenvalue weighted by molar-refractivity contribution is 5.76. The first-order valence-corrected chi connectivity index (χ1v) is 6.81. The number of rotatable bonds is 6. The zero-order valence-electron chi connectivity index (χ0n) is 12.4. The van der Waals surface area contributed by atoms with Crippen LogP contribution in [0.1, 0.15) is 5.82 Å². The van der Waals surface area contributed by atoms with Crippen LogP contribution in [0.25, 0.3) is 22.7 Å². The molecule has 22 heavy (non-hydrogen) atoms. The van der Waals surface area contributed by atoms with Crippen LogP contribution < -0.4 is 4.74 Å². The van der Waals surface area contributed by atoms with Gasteiger partial charge in [0.2, 0.25) is 0 Å². The zero-order chi connectivity index (χ0) is 15.4. The van der Waals surface area contributed by atoms with E-state index in [0.29, 0.717) is 24.7 Å². The number of aromatic amines is 1. The summed E-state index contributed by atoms with van der Waals surface area (Å²) < 4.78 is 15.6. The minimum atomic E-state index is 0.428. The van der Waals surface area contributed by atoms with Gasteiger partial charge in [-0.25, -0.2) is 0 Å². The van der Waals surface area contributed by atoms with E-state index in [1.54, 1.807) is 20.4 Å². The largest absolute Gasteiger partial charge is 0.497 e. The number of hydrogen-bond acceptors (Lipinski definition) is 6. The van der Waals surface area contributed by atoms with Crippen LogP contribution in [-0.2, 0) is 11.2 Å². The number of nitrogens with one attached hydrogen (secondary N) is 1. The topological polar surface area (TPSA) is 86.1 Å². The summed E-state index contributed by atoms with van der Waals surface area (Å²) in [5.74, 6) is 1.80. The highest BCUT2D eigenvalue weighted by Gasteiger charge is 2.16. The predicted octanol–water partition coefficient (Wildman–Crippen LogP) is 2.32. The van der Waals surface area contributed by atoms with E-state index in [2.05, 4.69) is 20.3 Å². The molecular formula is C15H16N4O3. The molecule has 0 fully saturated rings. The minimum absolute atomic E-state index is 0.428. The van der Waals surface area contributed by atoms with Gasteiger partial charge in [0.25, 0.3) is 5.89 Å². The molecule has 0 spiro atoms. The molecule has 0 radical (unpaired) electrons. The third kappa shape index (κ3) is 2.84. The fourth-order valence-corrected chi connectivity index (χ4v) is 2.11. The van der Waals surface area contributed by atoms with Crippen molar-refractivity contribution >= 4 is 0 Å². The second-order valence-corrected chi connectivity index (χ2v) is 4.65. The molecule has 0 aliphatic rings. The third-order valence-electron chi connectivity index (χ3n) is 3.23. The monoisotopic (exact) mass is 300 g/mol. The number of nitrogens with zero attached hydrogens (tertiary/aromatic N) is 3. The lowest BCUT2D eigenvalue weighted by Crippen LogP contribution is -1.96. The maximum atomic E-state index is 5.32. The second-order valence-electron chi connectivity index (χ2n) is 4.65. The Balaban J connectivity index is 1.93. The summed E-state index contributed by atoms with van der Waals surface area (Å²) in [6, 6.07) is 7.67. The van der Waals surface area contributed by atoms with Crippen molar-refractivity contribution in [2.45, 2.75) is 6.42 Å². The van der Waals surface area contributed by atoms with Gasteiger partial charge in [-0.2, -0.15) is 10.1 Å². The van der Waals surface area contributed by atoms with E-state index in [0.717, 1.165) is 22.6 Å². The van der Waals surface area contributed by atoms with Crippen molar-refractivity contribution in [2.75, 3.05) is 20.8 Å². The maximum absolute atomic E-state index is 5.32. The third-order valence-corrected chi connectivity index (χ3v) is 3.23. The fourth-order valence-electron chi connectivity index (χ4n) is 2.11. The number of benzene rings is 1. The average molecular weight is 300 g/mol. The number of H-pyrrole nitrogens is 1. The summed E-state index contributed by atoms with van der Waals surface area (Å²) in [7, 11) is 3.27. The van der Waals surface area contributed by atoms with Gasteiger partial charge in [-0.1, -0.05) is 17.3 Å². The van der Waals surface area contributed by atoms with Gasteiger partial charge < -0.3 is 14.0 Å². The maximum Gasteiger partial charge on any atom is 0.261 e. The quantitative estimate of drug-likeness (QED) is 0.752. The highest BCUT2D eigenvalue weighted by atomic mass is 16.5. The van der Waals surface area contributed by atoms with Crippen LogP contribution in [0.4, 0.5) is 0 Å². The lowest BCUT2D eigenvalue weighted by atomic mass is 10.1. The van der Waals surface area contributed by atoms with E-state index in [1.807, 2.05) is 24.3 Å². The summed E-state index contributed by atoms with van der Waals surface area (Å²) in [6.07, 6.45) is 2.27. The molecule has 0 aliphatic heterocycles. The molecule has 0 aliphatic carbocycles. The lowest BCUT2D eigenvalue weighted by Gasteiger charge is -2.03. The average Bonchev–Trinajstić information content (AvgIpc) is 3.21. The van der Waals surface area contributed by atoms with Crippen molar-refractivity contribution in [3.05, 3.63) is 36.3 Å². The Morgan fingerprint density at radius 2 is 2.18 bits per heavy atom. The minimum Gasteiger partial charge on any atom is -0.497 e. The van der Waals surface area contributed by atoms with E-state index in [4.69, 9.17) is 14.0 Å². The van der Waals surface area contributed by atoms with Gasteiger partial charge in [-0.15, -0.1) is 0 Å². The van der Waals surface area contributed by atoms with Crippen LogP contribution in [0.3, 0.4) is 0 Å². The molecule has 0 saturated heterocycles. The first-order chi connectivity index (χ1) is 10.8. The number of aromatic nitrogens is 4. The molecule has 0 unspecified atom stereocenters. The lowest BCUT2D eigenvalue weighted by molar-refractivity contribution is 0.199. The van der Waals surface area contributed by atoms with Gasteiger partial charge in [-0.05, 0) is 12.1 Å². The van der Waals surface area contributed by atoms with E-state index < -0.39 is 0 Å². The predicted molar refractivity (Wildman–Crippen MR) is 79.4 cm³/mol. The molecule has 0 atom stereocenters. The molecule has 7 heteroatoms. The Hall–Kier alpha value is -2.67. The smallest absolute Gasteiger partial charge is 0.261 e. The van der Waals surface area contributed by atoms with Crippen LogP contribution in [0, 0.1) is 0 Å². The SMILES string of the molecule is COCCc1noc(-c2cn[nH]c2-c2cccc(OC)c2)n1. The van der Waals surface area contributed by atoms with E-state index >= 15 is 0 Å². The van der Waals surface area contributed by atoms with Crippen molar-refractivity contribution < 1.29 is 14.0 Å². The fraction of sp³-hybridized carbons (Fsp3) is 0.267. The summed E-state index contributed by atoms with van der Waals surface area (Å²) in [6.45, 7) is 0.549. The second kappa shape index (κ2) is 6.40. The number of ether oxygens (including phenoxy) is 2. The van der Waals surface area contributed by atoms with E-state index in [9.17, 15) is 0 Å². The Kier molecular flexibility index (Phi) is 4.15. The van der Waals surface area contributed by atoms with Gasteiger partial charge in [0.05, 0.1) is 31.2 Å². The summed E-state index contributed by atoms with van der Waals surface area (Å²) in [4.78, 5) is 4.37. The van der Waals surface area contributed by atoms with Crippen molar-refractivity contribution in [3.63, 3.8) is 0 Å². The highest BCUT2D eigenvalue weighted by Crippen LogP contribution is 2.30. The van der Waals surface area contributed by atoms with E-state index in [1.165, 1.54) is 0 Å². The molecule has 1 N–H and O–H groups in total. The molecule has 3 aromatic rings. The zero-order valence-corrected chi connectivity index (χ0v) is 12.4. The molecule has 2 heterocycles.